The fraction of sp³-hybridized carbons (Fsp3) is 0. The van der Waals surface area contributed by atoms with Crippen LogP contribution in [0, 0.1) is 5.82 Å². The lowest BCUT2D eigenvalue weighted by atomic mass is 9.98. The number of carbonyl (C=O) groups is 1. The summed E-state index contributed by atoms with van der Waals surface area (Å²) < 4.78 is 25.4. The van der Waals surface area contributed by atoms with Gasteiger partial charge in [-0.3, -0.25) is 10.1 Å². The van der Waals surface area contributed by atoms with E-state index >= 15 is 0 Å². The maximum Gasteiger partial charge on any atom is 0.322 e. The highest BCUT2D eigenvalue weighted by atomic mass is 19.1. The molecule has 0 radical (unpaired) electrons. The first-order valence-corrected chi connectivity index (χ1v) is 9.81. The number of nitrogens with one attached hydrogen (secondary N) is 1. The first-order valence-electron chi connectivity index (χ1n) is 9.81. The van der Waals surface area contributed by atoms with Crippen molar-refractivity contribution in [2.75, 3.05) is 5.32 Å². The summed E-state index contributed by atoms with van der Waals surface area (Å²) in [6.45, 7) is 0. The summed E-state index contributed by atoms with van der Waals surface area (Å²) in [4.78, 5) is 12.7. The number of rotatable bonds is 5. The van der Waals surface area contributed by atoms with Gasteiger partial charge in [-0.05, 0) is 47.0 Å². The zero-order valence-corrected chi connectivity index (χ0v) is 16.7. The molecule has 156 valence electrons. The molecule has 32 heavy (non-hydrogen) atoms. The van der Waals surface area contributed by atoms with Gasteiger partial charge in [-0.25, -0.2) is 4.39 Å². The van der Waals surface area contributed by atoms with Gasteiger partial charge >= 0.3 is 6.01 Å². The van der Waals surface area contributed by atoms with E-state index in [0.29, 0.717) is 28.0 Å². The van der Waals surface area contributed by atoms with Gasteiger partial charge in [0.05, 0.1) is 6.26 Å². The topological polar surface area (TPSA) is 81.2 Å². The van der Waals surface area contributed by atoms with Gasteiger partial charge in [-0.2, -0.15) is 0 Å². The van der Waals surface area contributed by atoms with Crippen LogP contribution in [0.25, 0.3) is 33.9 Å². The van der Waals surface area contributed by atoms with Gasteiger partial charge in [0.1, 0.15) is 5.82 Å². The highest BCUT2D eigenvalue weighted by Gasteiger charge is 2.15. The minimum absolute atomic E-state index is 0.0509. The van der Waals surface area contributed by atoms with Crippen LogP contribution in [0.5, 0.6) is 0 Å². The molecule has 2 aromatic heterocycles. The molecular formula is C25H16FN3O3. The number of amides is 1. The van der Waals surface area contributed by atoms with Crippen LogP contribution in [0.4, 0.5) is 10.4 Å². The largest absolute Gasteiger partial charge is 0.459 e. The zero-order valence-electron chi connectivity index (χ0n) is 16.7. The molecule has 1 amide bonds. The van der Waals surface area contributed by atoms with Crippen molar-refractivity contribution in [2.45, 2.75) is 0 Å². The molecule has 0 saturated carbocycles. The minimum Gasteiger partial charge on any atom is -0.459 e. The highest BCUT2D eigenvalue weighted by molar-refractivity contribution is 6.03. The van der Waals surface area contributed by atoms with Crippen LogP contribution < -0.4 is 5.32 Å². The highest BCUT2D eigenvalue weighted by Crippen LogP contribution is 2.28. The Morgan fingerprint density at radius 3 is 2.41 bits per heavy atom. The fourth-order valence-corrected chi connectivity index (χ4v) is 3.33. The molecule has 0 aliphatic heterocycles. The predicted octanol–water partition coefficient (Wildman–Crippen LogP) is 6.06. The Kier molecular flexibility index (Phi) is 5.05. The Hall–Kier alpha value is -4.52. The number of aromatic nitrogens is 2. The Bertz CT molecular complexity index is 1380. The monoisotopic (exact) mass is 425 g/mol. The van der Waals surface area contributed by atoms with E-state index in [1.54, 1.807) is 36.4 Å². The molecule has 3 aromatic carbocycles. The summed E-state index contributed by atoms with van der Waals surface area (Å²) in [5, 5.41) is 10.2. The van der Waals surface area contributed by atoms with Gasteiger partial charge in [0, 0.05) is 11.1 Å². The molecule has 0 saturated heterocycles. The predicted molar refractivity (Wildman–Crippen MR) is 117 cm³/mol. The number of halogens is 1. The normalized spacial score (nSPS) is 10.8. The average molecular weight is 425 g/mol. The van der Waals surface area contributed by atoms with E-state index in [0.717, 1.165) is 5.56 Å². The second-order valence-electron chi connectivity index (χ2n) is 6.99. The minimum atomic E-state index is -0.428. The Morgan fingerprint density at radius 1 is 0.812 bits per heavy atom. The average Bonchev–Trinajstić information content (AvgIpc) is 3.52. The van der Waals surface area contributed by atoms with Crippen molar-refractivity contribution >= 4 is 11.9 Å². The Labute approximate surface area is 182 Å². The van der Waals surface area contributed by atoms with Crippen molar-refractivity contribution in [1.29, 1.82) is 0 Å². The van der Waals surface area contributed by atoms with E-state index in [-0.39, 0.29) is 17.7 Å². The van der Waals surface area contributed by atoms with Crippen molar-refractivity contribution in [3.8, 4) is 33.9 Å². The quantitative estimate of drug-likeness (QED) is 0.370. The Morgan fingerprint density at radius 2 is 1.62 bits per heavy atom. The summed E-state index contributed by atoms with van der Waals surface area (Å²) in [6.07, 6.45) is 1.48. The molecule has 0 fully saturated rings. The number of benzene rings is 3. The lowest BCUT2D eigenvalue weighted by Gasteiger charge is -2.08. The standard InChI is InChI=1S/C25H16FN3O3/c26-21-15-18(11-12-20(21)16-6-2-1-3-7-16)17-8-4-9-19(14-17)23(30)27-25-29-28-24(32-25)22-10-5-13-31-22/h1-15H,(H,27,29,30). The summed E-state index contributed by atoms with van der Waals surface area (Å²) in [5.41, 5.74) is 3.06. The molecule has 0 atom stereocenters. The van der Waals surface area contributed by atoms with Gasteiger partial charge in [-0.1, -0.05) is 59.7 Å². The van der Waals surface area contributed by atoms with E-state index in [1.807, 2.05) is 42.5 Å². The molecule has 0 bridgehead atoms. The molecule has 5 aromatic rings. The number of anilines is 1. The summed E-state index contributed by atoms with van der Waals surface area (Å²) in [7, 11) is 0. The molecule has 2 heterocycles. The number of hydrogen-bond donors (Lipinski definition) is 1. The molecule has 7 heteroatoms. The third-order valence-corrected chi connectivity index (χ3v) is 4.89. The van der Waals surface area contributed by atoms with Crippen LogP contribution in [0.3, 0.4) is 0 Å². The first kappa shape index (κ1) is 19.4. The van der Waals surface area contributed by atoms with Crippen molar-refractivity contribution in [2.24, 2.45) is 0 Å². The first-order chi connectivity index (χ1) is 15.7. The molecule has 0 aliphatic rings. The van der Waals surface area contributed by atoms with Crippen LogP contribution in [0.2, 0.25) is 0 Å². The van der Waals surface area contributed by atoms with Crippen LogP contribution in [-0.2, 0) is 0 Å². The van der Waals surface area contributed by atoms with Crippen molar-refractivity contribution in [1.82, 2.24) is 10.2 Å². The summed E-state index contributed by atoms with van der Waals surface area (Å²) >= 11 is 0. The summed E-state index contributed by atoms with van der Waals surface area (Å²) in [6, 6.07) is 24.6. The third kappa shape index (κ3) is 3.91. The zero-order chi connectivity index (χ0) is 21.9. The maximum absolute atomic E-state index is 14.8. The van der Waals surface area contributed by atoms with E-state index in [2.05, 4.69) is 15.5 Å². The van der Waals surface area contributed by atoms with Gasteiger partial charge in [0.15, 0.2) is 5.76 Å². The van der Waals surface area contributed by atoms with E-state index in [9.17, 15) is 9.18 Å². The van der Waals surface area contributed by atoms with Crippen LogP contribution in [0.15, 0.2) is 100 Å². The molecular weight excluding hydrogens is 409 g/mol. The van der Waals surface area contributed by atoms with Crippen LogP contribution >= 0.6 is 0 Å². The number of nitrogens with zero attached hydrogens (tertiary/aromatic N) is 2. The maximum atomic E-state index is 14.8. The molecule has 6 nitrogen and oxygen atoms in total. The second-order valence-corrected chi connectivity index (χ2v) is 6.99. The lowest BCUT2D eigenvalue weighted by molar-refractivity contribution is 0.102. The third-order valence-electron chi connectivity index (χ3n) is 4.89. The lowest BCUT2D eigenvalue weighted by Crippen LogP contribution is -2.12. The number of carbonyl (C=O) groups excluding carboxylic acids is 1. The molecule has 5 rings (SSSR count). The number of furan rings is 1. The Balaban J connectivity index is 1.36. The van der Waals surface area contributed by atoms with Gasteiger partial charge in [0.2, 0.25) is 0 Å². The van der Waals surface area contributed by atoms with Gasteiger partial charge in [-0.15, -0.1) is 5.10 Å². The second kappa shape index (κ2) is 8.31. The molecule has 0 aliphatic carbocycles. The van der Waals surface area contributed by atoms with Crippen molar-refractivity contribution in [3.05, 3.63) is 103 Å². The van der Waals surface area contributed by atoms with Crippen molar-refractivity contribution < 1.29 is 18.0 Å². The van der Waals surface area contributed by atoms with Crippen LogP contribution in [-0.4, -0.2) is 16.1 Å². The molecule has 0 spiro atoms. The van der Waals surface area contributed by atoms with E-state index < -0.39 is 5.91 Å². The van der Waals surface area contributed by atoms with E-state index in [4.69, 9.17) is 8.83 Å². The number of hydrogen-bond acceptors (Lipinski definition) is 5. The molecule has 0 unspecified atom stereocenters. The smallest absolute Gasteiger partial charge is 0.322 e. The fourth-order valence-electron chi connectivity index (χ4n) is 3.33. The van der Waals surface area contributed by atoms with Crippen LogP contribution in [0.1, 0.15) is 10.4 Å². The van der Waals surface area contributed by atoms with Gasteiger partial charge in [0.25, 0.3) is 11.8 Å². The van der Waals surface area contributed by atoms with E-state index in [1.165, 1.54) is 12.3 Å². The SMILES string of the molecule is O=C(Nc1nnc(-c2ccco2)o1)c1cccc(-c2ccc(-c3ccccc3)c(F)c2)c1. The molecule has 1 N–H and O–H groups in total. The van der Waals surface area contributed by atoms with Crippen molar-refractivity contribution in [3.63, 3.8) is 0 Å². The summed E-state index contributed by atoms with van der Waals surface area (Å²) in [5.74, 6) is -0.197. The van der Waals surface area contributed by atoms with Gasteiger partial charge < -0.3 is 8.83 Å².